The Kier molecular flexibility index (Phi) is 8.28. The van der Waals surface area contributed by atoms with Crippen LogP contribution >= 0.6 is 0 Å². The number of rotatable bonds is 6. The minimum atomic E-state index is -0.113. The second kappa shape index (κ2) is 14.1. The molecule has 1 aliphatic rings. The van der Waals surface area contributed by atoms with Crippen molar-refractivity contribution in [3.05, 3.63) is 194 Å². The molecule has 4 heterocycles. The van der Waals surface area contributed by atoms with Crippen molar-refractivity contribution >= 4 is 77.1 Å². The van der Waals surface area contributed by atoms with Crippen molar-refractivity contribution in [3.63, 3.8) is 0 Å². The fourth-order valence-electron chi connectivity index (χ4n) is 9.64. The van der Waals surface area contributed by atoms with Crippen LogP contribution in [0.15, 0.2) is 188 Å². The number of nitrogens with zero attached hydrogens (tertiary/aromatic N) is 5. The molecule has 8 aromatic carbocycles. The maximum absolute atomic E-state index is 6.99. The maximum Gasteiger partial charge on any atom is 0.139 e. The molecule has 0 amide bonds. The van der Waals surface area contributed by atoms with Gasteiger partial charge >= 0.3 is 0 Å². The number of hydrogen-bond acceptors (Lipinski definition) is 4. The number of para-hydroxylation sites is 3. The van der Waals surface area contributed by atoms with E-state index in [1.165, 1.54) is 49.7 Å². The van der Waals surface area contributed by atoms with E-state index in [-0.39, 0.29) is 5.41 Å². The van der Waals surface area contributed by atoms with E-state index in [2.05, 4.69) is 229 Å². The summed E-state index contributed by atoms with van der Waals surface area (Å²) < 4.78 is 11.6. The third-order valence-corrected chi connectivity index (χ3v) is 12.9. The molecule has 0 saturated carbocycles. The zero-order valence-electron chi connectivity index (χ0n) is 35.7. The number of anilines is 4. The van der Waals surface area contributed by atoms with Gasteiger partial charge in [0.1, 0.15) is 24.0 Å². The van der Waals surface area contributed by atoms with E-state index in [1.807, 2.05) is 6.20 Å². The third kappa shape index (κ3) is 6.12. The van der Waals surface area contributed by atoms with Gasteiger partial charge in [-0.1, -0.05) is 112 Å². The molecule has 1 aliphatic heterocycles. The molecule has 0 spiro atoms. The molecule has 6 heteroatoms. The number of aromatic nitrogens is 3. The van der Waals surface area contributed by atoms with Crippen molar-refractivity contribution in [2.24, 2.45) is 7.05 Å². The highest BCUT2D eigenvalue weighted by Gasteiger charge is 2.29. The van der Waals surface area contributed by atoms with Gasteiger partial charge in [0.15, 0.2) is 0 Å². The van der Waals surface area contributed by atoms with Gasteiger partial charge in [-0.05, 0) is 106 Å². The second-order valence-corrected chi connectivity index (χ2v) is 17.8. The Morgan fingerprint density at radius 3 is 1.90 bits per heavy atom. The van der Waals surface area contributed by atoms with Gasteiger partial charge in [0.25, 0.3) is 0 Å². The molecular weight excluding hydrogens is 771 g/mol. The van der Waals surface area contributed by atoms with Crippen LogP contribution in [0.3, 0.4) is 0 Å². The Balaban J connectivity index is 1.00. The van der Waals surface area contributed by atoms with Gasteiger partial charge in [0.2, 0.25) is 0 Å². The minimum absolute atomic E-state index is 0.113. The maximum atomic E-state index is 6.99. The summed E-state index contributed by atoms with van der Waals surface area (Å²) in [7, 11) is 2.16. The van der Waals surface area contributed by atoms with E-state index in [0.717, 1.165) is 61.4 Å². The van der Waals surface area contributed by atoms with Crippen molar-refractivity contribution in [1.29, 1.82) is 0 Å². The van der Waals surface area contributed by atoms with E-state index in [0.29, 0.717) is 6.67 Å². The average Bonchev–Trinajstić information content (AvgIpc) is 3.95. The Morgan fingerprint density at radius 2 is 1.14 bits per heavy atom. The lowest BCUT2D eigenvalue weighted by molar-refractivity contribution is 0.479. The summed E-state index contributed by atoms with van der Waals surface area (Å²) in [6.45, 7) is 7.48. The molecule has 0 N–H and O–H groups in total. The van der Waals surface area contributed by atoms with Crippen LogP contribution in [0.1, 0.15) is 26.3 Å². The fraction of sp³-hybridized carbons (Fsp3) is 0.105. The van der Waals surface area contributed by atoms with Gasteiger partial charge in [-0.2, -0.15) is 0 Å². The van der Waals surface area contributed by atoms with Crippen LogP contribution in [-0.2, 0) is 12.5 Å². The summed E-state index contributed by atoms with van der Waals surface area (Å²) in [4.78, 5) is 10.00. The molecule has 304 valence electrons. The lowest BCUT2D eigenvalue weighted by atomic mass is 9.86. The number of fused-ring (bicyclic) bond motifs is 8. The van der Waals surface area contributed by atoms with Gasteiger partial charge in [0.05, 0.1) is 27.9 Å². The normalized spacial score (nSPS) is 13.0. The molecule has 0 atom stereocenters. The summed E-state index contributed by atoms with van der Waals surface area (Å²) in [6, 6.07) is 65.3. The van der Waals surface area contributed by atoms with Gasteiger partial charge in [-0.15, -0.1) is 0 Å². The molecule has 6 nitrogen and oxygen atoms in total. The van der Waals surface area contributed by atoms with Crippen LogP contribution in [0.2, 0.25) is 0 Å². The zero-order chi connectivity index (χ0) is 42.4. The molecular formula is C57H45N5O. The topological polar surface area (TPSA) is 38.5 Å². The molecule has 0 fully saturated rings. The van der Waals surface area contributed by atoms with E-state index in [1.54, 1.807) is 0 Å². The Labute approximate surface area is 366 Å². The van der Waals surface area contributed by atoms with Gasteiger partial charge in [-0.3, -0.25) is 4.57 Å². The first-order valence-electron chi connectivity index (χ1n) is 21.7. The summed E-state index contributed by atoms with van der Waals surface area (Å²) in [5.74, 6) is 2.41. The standard InChI is InChI=1S/C57H45N5O/c1-57(2,3)41-30-43(61-36-60(42-19-9-6-10-20-42)51-21-13-14-22-52(51)61)32-45(31-41)63-44-24-25-46-47-28-40(37-15-7-5-8-16-37)23-26-50(47)62(55(46)33-44)56-34-54-49(35-58-56)48-27-38-17-11-12-18-39(38)29-53(48)59(54)4/h5-35H,36H2,1-4H3. The number of benzene rings is 8. The predicted molar refractivity (Wildman–Crippen MR) is 263 cm³/mol. The highest BCUT2D eigenvalue weighted by atomic mass is 16.5. The number of aryl methyl sites for hydroxylation is 1. The van der Waals surface area contributed by atoms with Crippen molar-refractivity contribution in [1.82, 2.24) is 14.1 Å². The first-order valence-corrected chi connectivity index (χ1v) is 21.7. The van der Waals surface area contributed by atoms with Crippen LogP contribution in [-0.4, -0.2) is 20.8 Å². The molecule has 0 unspecified atom stereocenters. The van der Waals surface area contributed by atoms with Crippen LogP contribution < -0.4 is 14.5 Å². The number of hydrogen-bond donors (Lipinski definition) is 0. The third-order valence-electron chi connectivity index (χ3n) is 12.9. The van der Waals surface area contributed by atoms with Crippen molar-refractivity contribution < 1.29 is 4.74 Å². The van der Waals surface area contributed by atoms with E-state index >= 15 is 0 Å². The lowest BCUT2D eigenvalue weighted by Gasteiger charge is -2.26. The van der Waals surface area contributed by atoms with Crippen molar-refractivity contribution in [2.75, 3.05) is 16.5 Å². The SMILES string of the molecule is Cn1c2cc(-n3c4ccc(-c5ccccc5)cc4c4ccc(Oc5cc(N6CN(c7ccccc7)c7ccccc76)cc(C(C)(C)C)c5)cc43)ncc2c2cc3ccccc3cc21. The largest absolute Gasteiger partial charge is 0.457 e. The molecule has 0 saturated heterocycles. The second-order valence-electron chi connectivity index (χ2n) is 17.8. The fourth-order valence-corrected chi connectivity index (χ4v) is 9.64. The van der Waals surface area contributed by atoms with Crippen LogP contribution in [0, 0.1) is 0 Å². The average molecular weight is 816 g/mol. The number of ether oxygens (including phenoxy) is 1. The Morgan fingerprint density at radius 1 is 0.476 bits per heavy atom. The molecule has 12 rings (SSSR count). The zero-order valence-corrected chi connectivity index (χ0v) is 35.7. The summed E-state index contributed by atoms with van der Waals surface area (Å²) in [5.41, 5.74) is 12.5. The van der Waals surface area contributed by atoms with Crippen molar-refractivity contribution in [3.8, 4) is 28.4 Å². The lowest BCUT2D eigenvalue weighted by Crippen LogP contribution is -2.24. The monoisotopic (exact) mass is 815 g/mol. The molecule has 0 aliphatic carbocycles. The highest BCUT2D eigenvalue weighted by molar-refractivity contribution is 6.14. The quantitative estimate of drug-likeness (QED) is 0.168. The molecule has 0 bridgehead atoms. The highest BCUT2D eigenvalue weighted by Crippen LogP contribution is 2.46. The molecule has 0 radical (unpaired) electrons. The van der Waals surface area contributed by atoms with Crippen molar-refractivity contribution in [2.45, 2.75) is 26.2 Å². The Hall–Kier alpha value is -7.83. The minimum Gasteiger partial charge on any atom is -0.457 e. The van der Waals surface area contributed by atoms with E-state index < -0.39 is 0 Å². The van der Waals surface area contributed by atoms with Gasteiger partial charge < -0.3 is 19.1 Å². The molecule has 3 aromatic heterocycles. The van der Waals surface area contributed by atoms with Crippen LogP contribution in [0.5, 0.6) is 11.5 Å². The van der Waals surface area contributed by atoms with Crippen LogP contribution in [0.4, 0.5) is 22.7 Å². The summed E-state index contributed by atoms with van der Waals surface area (Å²) in [6.07, 6.45) is 2.05. The Bertz CT molecular complexity index is 3580. The molecule has 11 aromatic rings. The van der Waals surface area contributed by atoms with Gasteiger partial charge in [-0.25, -0.2) is 4.98 Å². The summed E-state index contributed by atoms with van der Waals surface area (Å²) >= 11 is 0. The first kappa shape index (κ1) is 37.0. The first-order chi connectivity index (χ1) is 30.7. The van der Waals surface area contributed by atoms with E-state index in [9.17, 15) is 0 Å². The number of pyridine rings is 1. The predicted octanol–water partition coefficient (Wildman–Crippen LogP) is 15.0. The van der Waals surface area contributed by atoms with E-state index in [4.69, 9.17) is 9.72 Å². The van der Waals surface area contributed by atoms with Gasteiger partial charge in [0, 0.05) is 69.9 Å². The molecule has 63 heavy (non-hydrogen) atoms. The summed E-state index contributed by atoms with van der Waals surface area (Å²) in [5, 5.41) is 7.10. The smallest absolute Gasteiger partial charge is 0.139 e. The van der Waals surface area contributed by atoms with Crippen LogP contribution in [0.25, 0.3) is 71.3 Å².